The first-order chi connectivity index (χ1) is 10.8. The van der Waals surface area contributed by atoms with Crippen LogP contribution < -0.4 is 5.32 Å². The number of hydrogen-bond donors (Lipinski definition) is 1. The lowest BCUT2D eigenvalue weighted by Crippen LogP contribution is -2.36. The van der Waals surface area contributed by atoms with Gasteiger partial charge in [0.25, 0.3) is 0 Å². The van der Waals surface area contributed by atoms with Crippen molar-refractivity contribution in [2.75, 3.05) is 39.4 Å². The van der Waals surface area contributed by atoms with Crippen LogP contribution in [0.2, 0.25) is 0 Å². The van der Waals surface area contributed by atoms with Crippen LogP contribution in [0.15, 0.2) is 12.2 Å². The molecule has 1 amide bonds. The van der Waals surface area contributed by atoms with E-state index in [0.717, 1.165) is 38.8 Å². The summed E-state index contributed by atoms with van der Waals surface area (Å²) >= 11 is 0. The number of nitrogens with one attached hydrogen (secondary N) is 1. The van der Waals surface area contributed by atoms with Gasteiger partial charge in [0.2, 0.25) is 5.91 Å². The Morgan fingerprint density at radius 3 is 2.30 bits per heavy atom. The summed E-state index contributed by atoms with van der Waals surface area (Å²) in [7, 11) is 0. The third-order valence-electron chi connectivity index (χ3n) is 4.01. The highest BCUT2D eigenvalue weighted by Crippen LogP contribution is 2.28. The smallest absolute Gasteiger partial charge is 0.243 e. The van der Waals surface area contributed by atoms with Crippen molar-refractivity contribution in [3.8, 4) is 0 Å². The molecule has 4 nitrogen and oxygen atoms in total. The molecule has 0 atom stereocenters. The van der Waals surface area contributed by atoms with Crippen LogP contribution in [-0.4, -0.2) is 50.2 Å². The van der Waals surface area contributed by atoms with E-state index in [1.54, 1.807) is 6.08 Å². The van der Waals surface area contributed by atoms with E-state index in [4.69, 9.17) is 4.74 Å². The minimum atomic E-state index is -0.0132. The van der Waals surface area contributed by atoms with Gasteiger partial charge in [0.15, 0.2) is 0 Å². The van der Waals surface area contributed by atoms with Gasteiger partial charge in [0, 0.05) is 32.3 Å². The first-order valence-electron chi connectivity index (χ1n) is 9.05. The fourth-order valence-corrected chi connectivity index (χ4v) is 2.58. The highest BCUT2D eigenvalue weighted by molar-refractivity contribution is 5.87. The topological polar surface area (TPSA) is 41.6 Å². The minimum absolute atomic E-state index is 0.0132. The molecule has 0 radical (unpaired) electrons. The van der Waals surface area contributed by atoms with E-state index < -0.39 is 0 Å². The van der Waals surface area contributed by atoms with Gasteiger partial charge in [0.1, 0.15) is 0 Å². The van der Waals surface area contributed by atoms with Crippen LogP contribution in [0.4, 0.5) is 0 Å². The van der Waals surface area contributed by atoms with E-state index in [1.807, 2.05) is 13.0 Å². The molecule has 1 N–H and O–H groups in total. The molecule has 0 bridgehead atoms. The molecule has 0 spiro atoms. The molecule has 1 rings (SSSR count). The summed E-state index contributed by atoms with van der Waals surface area (Å²) in [5.41, 5.74) is 0.564. The lowest BCUT2D eigenvalue weighted by Gasteiger charge is -2.24. The lowest BCUT2D eigenvalue weighted by molar-refractivity contribution is -0.116. The van der Waals surface area contributed by atoms with E-state index in [2.05, 4.69) is 44.8 Å². The fourth-order valence-electron chi connectivity index (χ4n) is 2.58. The zero-order chi connectivity index (χ0) is 17.7. The molecular weight excluding hydrogens is 288 g/mol. The molecule has 0 aliphatic carbocycles. The summed E-state index contributed by atoms with van der Waals surface area (Å²) in [5, 5.41) is 2.71. The molecule has 0 unspecified atom stereocenters. The number of rotatable bonds is 7. The summed E-state index contributed by atoms with van der Waals surface area (Å²) < 4.78 is 5.22. The predicted octanol–water partition coefficient (Wildman–Crippen LogP) is 3.48. The Morgan fingerprint density at radius 2 is 1.87 bits per heavy atom. The van der Waals surface area contributed by atoms with Gasteiger partial charge in [0.05, 0.1) is 13.2 Å². The summed E-state index contributed by atoms with van der Waals surface area (Å²) in [6.45, 7) is 18.5. The van der Waals surface area contributed by atoms with Crippen molar-refractivity contribution in [2.45, 2.75) is 54.4 Å². The molecule has 4 heteroatoms. The van der Waals surface area contributed by atoms with Crippen LogP contribution in [0, 0.1) is 11.3 Å². The van der Waals surface area contributed by atoms with Crippen molar-refractivity contribution in [1.29, 1.82) is 0 Å². The maximum atomic E-state index is 11.0. The number of carbonyl (C=O) groups excluding carboxylic acids is 1. The summed E-state index contributed by atoms with van der Waals surface area (Å²) in [5.74, 6) is 0.834. The molecular formula is C19H38N2O2. The maximum Gasteiger partial charge on any atom is 0.243 e. The highest BCUT2D eigenvalue weighted by Gasteiger charge is 2.15. The minimum Gasteiger partial charge on any atom is -0.379 e. The second-order valence-corrected chi connectivity index (χ2v) is 7.33. The number of carbonyl (C=O) groups is 1. The first-order valence-corrected chi connectivity index (χ1v) is 9.05. The number of likely N-dealkylation sites (N-methyl/N-ethyl adjacent to an activating group) is 1. The Bertz CT molecular complexity index is 332. The van der Waals surface area contributed by atoms with Gasteiger partial charge < -0.3 is 10.1 Å². The molecule has 1 aliphatic rings. The second kappa shape index (κ2) is 12.5. The summed E-state index contributed by atoms with van der Waals surface area (Å²) in [6, 6.07) is 0. The van der Waals surface area contributed by atoms with E-state index >= 15 is 0 Å². The molecule has 1 heterocycles. The standard InChI is InChI=1S/C10H18N2O2.C9H20/c1-2-11-10(13)4-3-5-12-6-8-14-9-7-12;1-6-9(4,5)7-8(2)3/h3-4H,2,5-9H2,1H3,(H,11,13);8H,6-7H2,1-5H3/b4-3+;. The summed E-state index contributed by atoms with van der Waals surface area (Å²) in [6.07, 6.45) is 6.14. The van der Waals surface area contributed by atoms with Gasteiger partial charge in [-0.05, 0) is 24.7 Å². The largest absolute Gasteiger partial charge is 0.379 e. The molecule has 0 aromatic heterocycles. The number of hydrogen-bond acceptors (Lipinski definition) is 3. The van der Waals surface area contributed by atoms with Crippen LogP contribution in [0.3, 0.4) is 0 Å². The monoisotopic (exact) mass is 326 g/mol. The molecule has 136 valence electrons. The van der Waals surface area contributed by atoms with Gasteiger partial charge in [-0.15, -0.1) is 0 Å². The van der Waals surface area contributed by atoms with Crippen molar-refractivity contribution in [3.63, 3.8) is 0 Å². The number of ether oxygens (including phenoxy) is 1. The van der Waals surface area contributed by atoms with Crippen LogP contribution in [-0.2, 0) is 9.53 Å². The predicted molar refractivity (Wildman–Crippen MR) is 98.6 cm³/mol. The normalized spacial score (nSPS) is 16.3. The molecule has 0 saturated carbocycles. The van der Waals surface area contributed by atoms with E-state index in [1.165, 1.54) is 12.8 Å². The van der Waals surface area contributed by atoms with Gasteiger partial charge in [-0.25, -0.2) is 0 Å². The molecule has 0 aromatic rings. The Kier molecular flexibility index (Phi) is 12.1. The van der Waals surface area contributed by atoms with Gasteiger partial charge in [-0.2, -0.15) is 0 Å². The highest BCUT2D eigenvalue weighted by atomic mass is 16.5. The van der Waals surface area contributed by atoms with E-state index in [-0.39, 0.29) is 5.91 Å². The van der Waals surface area contributed by atoms with E-state index in [9.17, 15) is 4.79 Å². The Balaban J connectivity index is 0.000000468. The fraction of sp³-hybridized carbons (Fsp3) is 0.842. The molecule has 1 saturated heterocycles. The quantitative estimate of drug-likeness (QED) is 0.728. The Labute approximate surface area is 143 Å². The third-order valence-corrected chi connectivity index (χ3v) is 4.01. The van der Waals surface area contributed by atoms with Crippen molar-refractivity contribution in [1.82, 2.24) is 10.2 Å². The summed E-state index contributed by atoms with van der Waals surface area (Å²) in [4.78, 5) is 13.3. The van der Waals surface area contributed by atoms with Crippen LogP contribution >= 0.6 is 0 Å². The van der Waals surface area contributed by atoms with Gasteiger partial charge >= 0.3 is 0 Å². The molecule has 23 heavy (non-hydrogen) atoms. The molecule has 1 aliphatic heterocycles. The van der Waals surface area contributed by atoms with E-state index in [0.29, 0.717) is 12.0 Å². The lowest BCUT2D eigenvalue weighted by atomic mass is 9.82. The number of amides is 1. The van der Waals surface area contributed by atoms with Crippen LogP contribution in [0.1, 0.15) is 54.4 Å². The Morgan fingerprint density at radius 1 is 1.26 bits per heavy atom. The van der Waals surface area contributed by atoms with Crippen LogP contribution in [0.5, 0.6) is 0 Å². The van der Waals surface area contributed by atoms with Crippen molar-refractivity contribution in [2.24, 2.45) is 11.3 Å². The van der Waals surface area contributed by atoms with Crippen molar-refractivity contribution in [3.05, 3.63) is 12.2 Å². The maximum absolute atomic E-state index is 11.0. The number of nitrogens with zero attached hydrogens (tertiary/aromatic N) is 1. The molecule has 1 fully saturated rings. The third kappa shape index (κ3) is 13.3. The second-order valence-electron chi connectivity index (χ2n) is 7.33. The number of morpholine rings is 1. The zero-order valence-corrected chi connectivity index (χ0v) is 16.2. The molecule has 0 aromatic carbocycles. The van der Waals surface area contributed by atoms with Gasteiger partial charge in [-0.3, -0.25) is 9.69 Å². The average molecular weight is 327 g/mol. The first kappa shape index (κ1) is 22.1. The van der Waals surface area contributed by atoms with Crippen molar-refractivity contribution < 1.29 is 9.53 Å². The Hall–Kier alpha value is -0.870. The average Bonchev–Trinajstić information content (AvgIpc) is 2.48. The van der Waals surface area contributed by atoms with Crippen LogP contribution in [0.25, 0.3) is 0 Å². The zero-order valence-electron chi connectivity index (χ0n) is 16.2. The SMILES string of the molecule is CCC(C)(C)CC(C)C.CCNC(=O)/C=C/CN1CCOCC1. The van der Waals surface area contributed by atoms with Gasteiger partial charge in [-0.1, -0.05) is 47.1 Å². The van der Waals surface area contributed by atoms with Crippen molar-refractivity contribution >= 4 is 5.91 Å².